The van der Waals surface area contributed by atoms with Gasteiger partial charge in [0.1, 0.15) is 5.75 Å². The van der Waals surface area contributed by atoms with Gasteiger partial charge in [-0.25, -0.2) is 0 Å². The second kappa shape index (κ2) is 6.38. The summed E-state index contributed by atoms with van der Waals surface area (Å²) in [6.45, 7) is 3.57. The summed E-state index contributed by atoms with van der Waals surface area (Å²) < 4.78 is 4.74. The monoisotopic (exact) mass is 312 g/mol. The van der Waals surface area contributed by atoms with Crippen molar-refractivity contribution in [2.24, 2.45) is 0 Å². The number of phenolic OH excluding ortho intramolecular Hbond substituents is 1. The number of carbonyl (C=O) groups is 1. The van der Waals surface area contributed by atoms with Crippen LogP contribution in [0, 0.1) is 0 Å². The Kier molecular flexibility index (Phi) is 4.30. The van der Waals surface area contributed by atoms with Crippen molar-refractivity contribution in [2.45, 2.75) is 32.5 Å². The third kappa shape index (κ3) is 3.35. The van der Waals surface area contributed by atoms with E-state index in [1.807, 2.05) is 25.1 Å². The number of aromatic nitrogens is 1. The zero-order valence-corrected chi connectivity index (χ0v) is 13.3. The van der Waals surface area contributed by atoms with Crippen LogP contribution in [0.5, 0.6) is 5.75 Å². The fourth-order valence-corrected chi connectivity index (χ4v) is 2.84. The lowest BCUT2D eigenvalue weighted by molar-refractivity contribution is -0.142. The van der Waals surface area contributed by atoms with Crippen LogP contribution in [-0.2, 0) is 22.6 Å². The van der Waals surface area contributed by atoms with Gasteiger partial charge in [-0.1, -0.05) is 6.07 Å². The van der Waals surface area contributed by atoms with Gasteiger partial charge in [-0.05, 0) is 42.8 Å². The van der Waals surface area contributed by atoms with Crippen LogP contribution in [0.25, 0.3) is 11.3 Å². The number of hydrogen-bond acceptors (Lipinski definition) is 5. The highest BCUT2D eigenvalue weighted by molar-refractivity contribution is 5.69. The number of carbonyl (C=O) groups excluding carboxylic acids is 1. The number of nitrogens with zero attached hydrogens (tertiary/aromatic N) is 2. The van der Waals surface area contributed by atoms with E-state index >= 15 is 0 Å². The number of hydrogen-bond donors (Lipinski definition) is 1. The maximum absolute atomic E-state index is 11.4. The quantitative estimate of drug-likeness (QED) is 0.880. The Balaban J connectivity index is 1.76. The van der Waals surface area contributed by atoms with E-state index < -0.39 is 0 Å². The van der Waals surface area contributed by atoms with Gasteiger partial charge in [-0.2, -0.15) is 0 Å². The van der Waals surface area contributed by atoms with Crippen molar-refractivity contribution in [1.82, 2.24) is 9.88 Å². The molecule has 0 aliphatic carbocycles. The van der Waals surface area contributed by atoms with E-state index in [2.05, 4.69) is 11.0 Å². The molecule has 3 rings (SSSR count). The summed E-state index contributed by atoms with van der Waals surface area (Å²) in [5.74, 6) is 0.0592. The van der Waals surface area contributed by atoms with E-state index in [4.69, 9.17) is 9.72 Å². The topological polar surface area (TPSA) is 62.7 Å². The largest absolute Gasteiger partial charge is 0.508 e. The van der Waals surface area contributed by atoms with Crippen molar-refractivity contribution in [3.63, 3.8) is 0 Å². The van der Waals surface area contributed by atoms with Crippen LogP contribution in [0.4, 0.5) is 0 Å². The SMILES string of the molecule is COC(=O)CC(C)N1Cc2ccc(-c3ccc(O)cc3)nc2C1. The van der Waals surface area contributed by atoms with Gasteiger partial charge in [-0.15, -0.1) is 0 Å². The molecule has 5 nitrogen and oxygen atoms in total. The van der Waals surface area contributed by atoms with Gasteiger partial charge in [0.25, 0.3) is 0 Å². The fourth-order valence-electron chi connectivity index (χ4n) is 2.84. The molecule has 1 N–H and O–H groups in total. The van der Waals surface area contributed by atoms with Gasteiger partial charge in [0.05, 0.1) is 24.9 Å². The number of methoxy groups -OCH3 is 1. The maximum Gasteiger partial charge on any atom is 0.307 e. The minimum atomic E-state index is -0.189. The first kappa shape index (κ1) is 15.5. The molecule has 1 aromatic carbocycles. The zero-order valence-electron chi connectivity index (χ0n) is 13.3. The number of rotatable bonds is 4. The van der Waals surface area contributed by atoms with E-state index in [9.17, 15) is 9.90 Å². The normalized spacial score (nSPS) is 15.2. The number of fused-ring (bicyclic) bond motifs is 1. The van der Waals surface area contributed by atoms with Crippen molar-refractivity contribution < 1.29 is 14.6 Å². The van der Waals surface area contributed by atoms with Crippen molar-refractivity contribution in [2.75, 3.05) is 7.11 Å². The summed E-state index contributed by atoms with van der Waals surface area (Å²) in [6, 6.07) is 11.3. The number of ether oxygens (including phenoxy) is 1. The predicted octanol–water partition coefficient (Wildman–Crippen LogP) is 2.72. The Morgan fingerprint density at radius 3 is 2.70 bits per heavy atom. The second-order valence-corrected chi connectivity index (χ2v) is 5.88. The summed E-state index contributed by atoms with van der Waals surface area (Å²) in [4.78, 5) is 18.4. The first-order valence-electron chi connectivity index (χ1n) is 7.66. The molecule has 0 fully saturated rings. The molecule has 1 atom stereocenters. The summed E-state index contributed by atoms with van der Waals surface area (Å²) >= 11 is 0. The number of aromatic hydroxyl groups is 1. The Bertz CT molecular complexity index is 713. The van der Waals surface area contributed by atoms with E-state index in [1.54, 1.807) is 12.1 Å². The van der Waals surface area contributed by atoms with Gasteiger partial charge in [0.15, 0.2) is 0 Å². The average molecular weight is 312 g/mol. The molecule has 5 heteroatoms. The van der Waals surface area contributed by atoms with E-state index in [-0.39, 0.29) is 17.8 Å². The van der Waals surface area contributed by atoms with Gasteiger partial charge in [-0.3, -0.25) is 14.7 Å². The Hall–Kier alpha value is -2.40. The molecule has 1 aliphatic rings. The minimum Gasteiger partial charge on any atom is -0.508 e. The van der Waals surface area contributed by atoms with Crippen LogP contribution in [-0.4, -0.2) is 34.1 Å². The summed E-state index contributed by atoms with van der Waals surface area (Å²) in [7, 11) is 1.42. The fraction of sp³-hybridized carbons (Fsp3) is 0.333. The summed E-state index contributed by atoms with van der Waals surface area (Å²) in [5, 5.41) is 9.38. The molecule has 0 saturated heterocycles. The molecule has 0 amide bonds. The first-order valence-corrected chi connectivity index (χ1v) is 7.66. The third-order valence-corrected chi connectivity index (χ3v) is 4.27. The van der Waals surface area contributed by atoms with Crippen molar-refractivity contribution in [3.8, 4) is 17.0 Å². The summed E-state index contributed by atoms with van der Waals surface area (Å²) in [5.41, 5.74) is 4.12. The van der Waals surface area contributed by atoms with Crippen LogP contribution in [0.15, 0.2) is 36.4 Å². The highest BCUT2D eigenvalue weighted by Crippen LogP contribution is 2.28. The molecule has 23 heavy (non-hydrogen) atoms. The standard InChI is InChI=1S/C18H20N2O3/c1-12(9-18(22)23-2)20-10-14-5-8-16(19-17(14)11-20)13-3-6-15(21)7-4-13/h3-8,12,21H,9-11H2,1-2H3. The Morgan fingerprint density at radius 2 is 2.00 bits per heavy atom. The molecule has 1 aromatic heterocycles. The van der Waals surface area contributed by atoms with Crippen molar-refractivity contribution in [3.05, 3.63) is 47.7 Å². The van der Waals surface area contributed by atoms with E-state index in [0.29, 0.717) is 6.42 Å². The summed E-state index contributed by atoms with van der Waals surface area (Å²) in [6.07, 6.45) is 0.384. The van der Waals surface area contributed by atoms with Gasteiger partial charge in [0.2, 0.25) is 0 Å². The van der Waals surface area contributed by atoms with E-state index in [1.165, 1.54) is 12.7 Å². The maximum atomic E-state index is 11.4. The van der Waals surface area contributed by atoms with Gasteiger partial charge >= 0.3 is 5.97 Å². The lowest BCUT2D eigenvalue weighted by Crippen LogP contribution is -2.30. The molecule has 0 bridgehead atoms. The zero-order chi connectivity index (χ0) is 16.4. The average Bonchev–Trinajstić information content (AvgIpc) is 2.98. The molecule has 120 valence electrons. The number of esters is 1. The molecule has 0 spiro atoms. The number of benzene rings is 1. The molecular weight excluding hydrogens is 292 g/mol. The highest BCUT2D eigenvalue weighted by Gasteiger charge is 2.26. The minimum absolute atomic E-state index is 0.119. The van der Waals surface area contributed by atoms with E-state index in [0.717, 1.165) is 30.0 Å². The van der Waals surface area contributed by atoms with Gasteiger partial charge < -0.3 is 9.84 Å². The van der Waals surface area contributed by atoms with Gasteiger partial charge in [0, 0.05) is 24.7 Å². The molecule has 1 unspecified atom stereocenters. The lowest BCUT2D eigenvalue weighted by atomic mass is 10.1. The highest BCUT2D eigenvalue weighted by atomic mass is 16.5. The number of pyridine rings is 1. The van der Waals surface area contributed by atoms with Crippen molar-refractivity contribution in [1.29, 1.82) is 0 Å². The molecule has 2 heterocycles. The Labute approximate surface area is 135 Å². The van der Waals surface area contributed by atoms with Crippen LogP contribution < -0.4 is 0 Å². The smallest absolute Gasteiger partial charge is 0.307 e. The molecular formula is C18H20N2O3. The first-order chi connectivity index (χ1) is 11.1. The second-order valence-electron chi connectivity index (χ2n) is 5.88. The molecule has 0 saturated carbocycles. The van der Waals surface area contributed by atoms with Crippen LogP contribution >= 0.6 is 0 Å². The molecule has 0 radical (unpaired) electrons. The van der Waals surface area contributed by atoms with Crippen LogP contribution in [0.1, 0.15) is 24.6 Å². The Morgan fingerprint density at radius 1 is 1.26 bits per heavy atom. The van der Waals surface area contributed by atoms with Crippen LogP contribution in [0.3, 0.4) is 0 Å². The lowest BCUT2D eigenvalue weighted by Gasteiger charge is -2.22. The molecule has 2 aromatic rings. The predicted molar refractivity (Wildman–Crippen MR) is 86.7 cm³/mol. The number of phenols is 1. The molecule has 1 aliphatic heterocycles. The van der Waals surface area contributed by atoms with Crippen LogP contribution in [0.2, 0.25) is 0 Å². The third-order valence-electron chi connectivity index (χ3n) is 4.27. The van der Waals surface area contributed by atoms with Crippen molar-refractivity contribution >= 4 is 5.97 Å².